The molecule has 62 valence electrons. The van der Waals surface area contributed by atoms with Crippen molar-refractivity contribution in [2.24, 2.45) is 0 Å². The number of furan rings is 1. The van der Waals surface area contributed by atoms with Gasteiger partial charge in [-0.15, -0.1) is 13.2 Å². The zero-order chi connectivity index (χ0) is 8.48. The van der Waals surface area contributed by atoms with E-state index < -0.39 is 6.36 Å². The van der Waals surface area contributed by atoms with Crippen LogP contribution in [0.15, 0.2) is 16.9 Å². The van der Waals surface area contributed by atoms with Crippen LogP contribution >= 0.6 is 0 Å². The summed E-state index contributed by atoms with van der Waals surface area (Å²) < 4.78 is 42.6. The number of hydrogen-bond acceptors (Lipinski definition) is 2. The van der Waals surface area contributed by atoms with Crippen LogP contribution < -0.4 is 4.74 Å². The van der Waals surface area contributed by atoms with E-state index >= 15 is 0 Å². The van der Waals surface area contributed by atoms with Gasteiger partial charge < -0.3 is 9.15 Å². The lowest BCUT2D eigenvalue weighted by Crippen LogP contribution is -2.17. The van der Waals surface area contributed by atoms with E-state index in [0.29, 0.717) is 5.56 Å². The van der Waals surface area contributed by atoms with Gasteiger partial charge in [-0.05, 0) is 6.92 Å². The van der Waals surface area contributed by atoms with Crippen molar-refractivity contribution in [3.63, 3.8) is 0 Å². The first kappa shape index (κ1) is 7.97. The molecule has 11 heavy (non-hydrogen) atoms. The van der Waals surface area contributed by atoms with Gasteiger partial charge in [0.05, 0.1) is 6.26 Å². The Balaban J connectivity index is 2.72. The van der Waals surface area contributed by atoms with Gasteiger partial charge in [-0.3, -0.25) is 0 Å². The summed E-state index contributed by atoms with van der Waals surface area (Å²) in [6.07, 6.45) is -2.56. The lowest BCUT2D eigenvalue weighted by Gasteiger charge is -2.05. The Bertz CT molecular complexity index is 238. The maximum atomic E-state index is 11.5. The number of hydrogen-bond donors (Lipinski definition) is 0. The summed E-state index contributed by atoms with van der Waals surface area (Å²) in [6.45, 7) is 1.46. The summed E-state index contributed by atoms with van der Waals surface area (Å²) in [5.41, 5.74) is 0.322. The average Bonchev–Trinajstić information content (AvgIpc) is 2.12. The van der Waals surface area contributed by atoms with Crippen molar-refractivity contribution >= 4 is 0 Å². The first-order valence-electron chi connectivity index (χ1n) is 2.77. The Hall–Kier alpha value is -1.13. The highest BCUT2D eigenvalue weighted by Crippen LogP contribution is 2.26. The number of halogens is 3. The Morgan fingerprint density at radius 2 is 2.00 bits per heavy atom. The predicted octanol–water partition coefficient (Wildman–Crippen LogP) is 2.49. The summed E-state index contributed by atoms with van der Waals surface area (Å²) >= 11 is 0. The zero-order valence-electron chi connectivity index (χ0n) is 5.61. The predicted molar refractivity (Wildman–Crippen MR) is 30.1 cm³/mol. The second-order valence-electron chi connectivity index (χ2n) is 1.97. The summed E-state index contributed by atoms with van der Waals surface area (Å²) in [4.78, 5) is 0. The van der Waals surface area contributed by atoms with Gasteiger partial charge in [0.2, 0.25) is 0 Å². The molecular weight excluding hydrogens is 161 g/mol. The van der Waals surface area contributed by atoms with E-state index in [9.17, 15) is 13.2 Å². The van der Waals surface area contributed by atoms with Gasteiger partial charge in [0.1, 0.15) is 6.26 Å². The maximum Gasteiger partial charge on any atom is 0.573 e. The van der Waals surface area contributed by atoms with Crippen molar-refractivity contribution in [3.05, 3.63) is 18.1 Å². The monoisotopic (exact) mass is 166 g/mol. The van der Waals surface area contributed by atoms with E-state index in [0.717, 1.165) is 6.26 Å². The normalized spacial score (nSPS) is 11.6. The molecule has 0 bridgehead atoms. The third-order valence-electron chi connectivity index (χ3n) is 1.03. The standard InChI is InChI=1S/C6H5F3O2/c1-4-2-10-3-5(4)11-6(7,8)9/h2-3H,1H3. The van der Waals surface area contributed by atoms with Crippen LogP contribution in [0.2, 0.25) is 0 Å². The molecule has 0 unspecified atom stereocenters. The van der Waals surface area contributed by atoms with Crippen molar-refractivity contribution in [3.8, 4) is 5.75 Å². The Labute approximate surface area is 60.6 Å². The van der Waals surface area contributed by atoms with Crippen LogP contribution in [0.5, 0.6) is 5.75 Å². The molecule has 0 spiro atoms. The molecule has 0 N–H and O–H groups in total. The quantitative estimate of drug-likeness (QED) is 0.639. The molecule has 1 heterocycles. The first-order chi connectivity index (χ1) is 4.99. The smallest absolute Gasteiger partial charge is 0.468 e. The fourth-order valence-corrected chi connectivity index (χ4v) is 0.578. The van der Waals surface area contributed by atoms with E-state index in [4.69, 9.17) is 0 Å². The van der Waals surface area contributed by atoms with Crippen molar-refractivity contribution in [1.29, 1.82) is 0 Å². The highest BCUT2D eigenvalue weighted by molar-refractivity contribution is 5.25. The molecule has 0 aliphatic rings. The van der Waals surface area contributed by atoms with Gasteiger partial charge in [-0.2, -0.15) is 0 Å². The highest BCUT2D eigenvalue weighted by atomic mass is 19.4. The summed E-state index contributed by atoms with van der Waals surface area (Å²) in [5.74, 6) is -0.294. The third kappa shape index (κ3) is 2.18. The second kappa shape index (κ2) is 2.48. The SMILES string of the molecule is Cc1cocc1OC(F)(F)F. The van der Waals surface area contributed by atoms with E-state index in [1.165, 1.54) is 13.2 Å². The minimum atomic E-state index is -4.64. The van der Waals surface area contributed by atoms with Gasteiger partial charge in [0.15, 0.2) is 5.75 Å². The lowest BCUT2D eigenvalue weighted by molar-refractivity contribution is -0.275. The number of alkyl halides is 3. The van der Waals surface area contributed by atoms with Gasteiger partial charge >= 0.3 is 6.36 Å². The van der Waals surface area contributed by atoms with Gasteiger partial charge in [-0.25, -0.2) is 0 Å². The van der Waals surface area contributed by atoms with Crippen molar-refractivity contribution in [1.82, 2.24) is 0 Å². The molecule has 0 aliphatic heterocycles. The second-order valence-corrected chi connectivity index (χ2v) is 1.97. The van der Waals surface area contributed by atoms with Crippen molar-refractivity contribution in [2.45, 2.75) is 13.3 Å². The number of ether oxygens (including phenoxy) is 1. The molecule has 0 atom stereocenters. The summed E-state index contributed by atoms with van der Waals surface area (Å²) in [6, 6.07) is 0. The van der Waals surface area contributed by atoms with E-state index in [1.54, 1.807) is 0 Å². The molecule has 5 heteroatoms. The van der Waals surface area contributed by atoms with Gasteiger partial charge in [0.25, 0.3) is 0 Å². The minimum Gasteiger partial charge on any atom is -0.468 e. The Kier molecular flexibility index (Phi) is 1.80. The molecule has 0 amide bonds. The summed E-state index contributed by atoms with van der Waals surface area (Å²) in [5, 5.41) is 0. The number of rotatable bonds is 1. The number of aryl methyl sites for hydroxylation is 1. The third-order valence-corrected chi connectivity index (χ3v) is 1.03. The van der Waals surface area contributed by atoms with Crippen LogP contribution in [-0.2, 0) is 0 Å². The van der Waals surface area contributed by atoms with Crippen LogP contribution in [-0.4, -0.2) is 6.36 Å². The van der Waals surface area contributed by atoms with Crippen LogP contribution in [0.4, 0.5) is 13.2 Å². The van der Waals surface area contributed by atoms with Gasteiger partial charge in [-0.1, -0.05) is 0 Å². The molecule has 0 aromatic carbocycles. The fraction of sp³-hybridized carbons (Fsp3) is 0.333. The molecule has 0 saturated heterocycles. The van der Waals surface area contributed by atoms with Crippen molar-refractivity contribution in [2.75, 3.05) is 0 Å². The molecular formula is C6H5F3O2. The van der Waals surface area contributed by atoms with E-state index in [2.05, 4.69) is 9.15 Å². The van der Waals surface area contributed by atoms with Crippen LogP contribution in [0, 0.1) is 6.92 Å². The molecule has 2 nitrogen and oxygen atoms in total. The van der Waals surface area contributed by atoms with E-state index in [-0.39, 0.29) is 5.75 Å². The maximum absolute atomic E-state index is 11.5. The Morgan fingerprint density at radius 1 is 1.36 bits per heavy atom. The molecule has 0 aliphatic carbocycles. The molecule has 1 aromatic heterocycles. The topological polar surface area (TPSA) is 22.4 Å². The summed E-state index contributed by atoms with van der Waals surface area (Å²) in [7, 11) is 0. The molecule has 1 rings (SSSR count). The molecule has 0 radical (unpaired) electrons. The minimum absolute atomic E-state index is 0.294. The van der Waals surface area contributed by atoms with Crippen LogP contribution in [0.1, 0.15) is 5.56 Å². The van der Waals surface area contributed by atoms with Gasteiger partial charge in [0, 0.05) is 5.56 Å². The van der Waals surface area contributed by atoms with Crippen LogP contribution in [0.25, 0.3) is 0 Å². The fourth-order valence-electron chi connectivity index (χ4n) is 0.578. The molecule has 0 fully saturated rings. The Morgan fingerprint density at radius 3 is 2.36 bits per heavy atom. The lowest BCUT2D eigenvalue weighted by atomic mass is 10.4. The van der Waals surface area contributed by atoms with E-state index in [1.807, 2.05) is 0 Å². The molecule has 1 aromatic rings. The average molecular weight is 166 g/mol. The highest BCUT2D eigenvalue weighted by Gasteiger charge is 2.32. The first-order valence-corrected chi connectivity index (χ1v) is 2.77. The zero-order valence-corrected chi connectivity index (χ0v) is 5.61. The van der Waals surface area contributed by atoms with Crippen molar-refractivity contribution < 1.29 is 22.3 Å². The largest absolute Gasteiger partial charge is 0.573 e. The van der Waals surface area contributed by atoms with Crippen LogP contribution in [0.3, 0.4) is 0 Å². The molecule has 0 saturated carbocycles.